The minimum absolute atomic E-state index is 0.250. The Labute approximate surface area is 416 Å². The number of ether oxygens (including phenoxy) is 6. The molecule has 0 aromatic carbocycles. The van der Waals surface area contributed by atoms with E-state index in [1.165, 1.54) is 51.4 Å². The minimum atomic E-state index is -1.97. The lowest BCUT2D eigenvalue weighted by atomic mass is 9.96. The van der Waals surface area contributed by atoms with Gasteiger partial charge in [0.2, 0.25) is 5.91 Å². The maximum absolute atomic E-state index is 13.2. The standard InChI is InChI=1S/C51H93NO18/c1-3-5-7-9-11-13-15-17-19-21-23-25-27-29-39(57)52-34(35(56)28-26-24-22-20-18-16-14-12-10-8-6-4-2)33-65-49-45(63)42(60)47(37(31-54)67-49)70-51-46(64)43(61)48(38(32-55)68-51)69-50-44(62)41(59)40(58)36(30-53)66-50/h7,9,13,15,34-38,40-51,53-56,58-64H,3-6,8,10-12,14,16-33H2,1-2H3,(H,52,57)/b9-7-,15-13-. The largest absolute Gasteiger partial charge is 0.394 e. The number of aliphatic hydroxyl groups excluding tert-OH is 11. The molecule has 0 bridgehead atoms. The number of unbranched alkanes of at least 4 members (excludes halogenated alkanes) is 17. The van der Waals surface area contributed by atoms with E-state index in [2.05, 4.69) is 43.5 Å². The van der Waals surface area contributed by atoms with Crippen molar-refractivity contribution in [2.75, 3.05) is 26.4 Å². The van der Waals surface area contributed by atoms with Crippen molar-refractivity contribution in [3.8, 4) is 0 Å². The van der Waals surface area contributed by atoms with Gasteiger partial charge in [-0.25, -0.2) is 0 Å². The normalized spacial score (nSPS) is 32.7. The molecule has 1 amide bonds. The van der Waals surface area contributed by atoms with Crippen molar-refractivity contribution < 1.29 is 89.4 Å². The molecule has 17 atom stereocenters. The molecule has 3 saturated heterocycles. The van der Waals surface area contributed by atoms with E-state index in [0.717, 1.165) is 77.0 Å². The maximum Gasteiger partial charge on any atom is 0.220 e. The molecule has 0 aromatic rings. The number of hydrogen-bond acceptors (Lipinski definition) is 18. The average molecular weight is 1010 g/mol. The predicted octanol–water partition coefficient (Wildman–Crippen LogP) is 2.42. The van der Waals surface area contributed by atoms with E-state index in [-0.39, 0.29) is 18.9 Å². The van der Waals surface area contributed by atoms with E-state index >= 15 is 0 Å². The van der Waals surface area contributed by atoms with Crippen LogP contribution in [0.15, 0.2) is 24.3 Å². The van der Waals surface area contributed by atoms with Crippen LogP contribution in [-0.2, 0) is 33.2 Å². The minimum Gasteiger partial charge on any atom is -0.394 e. The monoisotopic (exact) mass is 1010 g/mol. The van der Waals surface area contributed by atoms with Gasteiger partial charge in [0.15, 0.2) is 18.9 Å². The molecule has 70 heavy (non-hydrogen) atoms. The molecule has 0 spiro atoms. The van der Waals surface area contributed by atoms with Gasteiger partial charge < -0.3 is 89.9 Å². The Morgan fingerprint density at radius 1 is 0.514 bits per heavy atom. The van der Waals surface area contributed by atoms with Crippen molar-refractivity contribution in [3.05, 3.63) is 24.3 Å². The van der Waals surface area contributed by atoms with Crippen LogP contribution in [-0.4, -0.2) is 193 Å². The number of aliphatic hydroxyl groups is 11. The molecule has 0 aromatic heterocycles. The molecule has 0 aliphatic carbocycles. The van der Waals surface area contributed by atoms with E-state index in [1.54, 1.807) is 0 Å². The first kappa shape index (κ1) is 62.6. The summed E-state index contributed by atoms with van der Waals surface area (Å²) in [5, 5.41) is 120. The molecule has 0 radical (unpaired) electrons. The lowest BCUT2D eigenvalue weighted by Crippen LogP contribution is -2.66. The van der Waals surface area contributed by atoms with Crippen LogP contribution >= 0.6 is 0 Å². The second-order valence-corrected chi connectivity index (χ2v) is 19.3. The lowest BCUT2D eigenvalue weighted by molar-refractivity contribution is -0.379. The Bertz CT molecular complexity index is 1390. The molecule has 19 nitrogen and oxygen atoms in total. The number of carbonyl (C=O) groups excluding carboxylic acids is 1. The Balaban J connectivity index is 1.55. The van der Waals surface area contributed by atoms with Crippen molar-refractivity contribution in [2.45, 2.75) is 266 Å². The predicted molar refractivity (Wildman–Crippen MR) is 259 cm³/mol. The maximum atomic E-state index is 13.2. The van der Waals surface area contributed by atoms with Crippen LogP contribution in [0.5, 0.6) is 0 Å². The van der Waals surface area contributed by atoms with Crippen LogP contribution < -0.4 is 5.32 Å². The molecule has 3 aliphatic rings. The first-order valence-corrected chi connectivity index (χ1v) is 26.6. The second kappa shape index (κ2) is 36.3. The summed E-state index contributed by atoms with van der Waals surface area (Å²) in [5.41, 5.74) is 0. The third kappa shape index (κ3) is 21.6. The zero-order chi connectivity index (χ0) is 51.3. The number of carbonyl (C=O) groups is 1. The summed E-state index contributed by atoms with van der Waals surface area (Å²) in [6.07, 6.45) is 5.68. The molecule has 19 heteroatoms. The van der Waals surface area contributed by atoms with Crippen LogP contribution in [0, 0.1) is 0 Å². The molecule has 3 heterocycles. The van der Waals surface area contributed by atoms with Gasteiger partial charge in [-0.15, -0.1) is 0 Å². The lowest BCUT2D eigenvalue weighted by Gasteiger charge is -2.48. The first-order valence-electron chi connectivity index (χ1n) is 26.6. The van der Waals surface area contributed by atoms with Gasteiger partial charge in [-0.05, 0) is 38.5 Å². The fraction of sp³-hybridized carbons (Fsp3) is 0.902. The van der Waals surface area contributed by atoms with Crippen molar-refractivity contribution in [1.29, 1.82) is 0 Å². The smallest absolute Gasteiger partial charge is 0.220 e. The highest BCUT2D eigenvalue weighted by Crippen LogP contribution is 2.33. The van der Waals surface area contributed by atoms with Crippen LogP contribution in [0.3, 0.4) is 0 Å². The van der Waals surface area contributed by atoms with Gasteiger partial charge in [-0.3, -0.25) is 4.79 Å². The van der Waals surface area contributed by atoms with Gasteiger partial charge in [0, 0.05) is 6.42 Å². The van der Waals surface area contributed by atoms with E-state index in [4.69, 9.17) is 28.4 Å². The van der Waals surface area contributed by atoms with Crippen molar-refractivity contribution >= 4 is 5.91 Å². The Hall–Kier alpha value is -1.73. The van der Waals surface area contributed by atoms with Gasteiger partial charge in [-0.2, -0.15) is 0 Å². The van der Waals surface area contributed by atoms with Crippen LogP contribution in [0.2, 0.25) is 0 Å². The highest BCUT2D eigenvalue weighted by atomic mass is 16.8. The van der Waals surface area contributed by atoms with Gasteiger partial charge in [0.1, 0.15) is 73.2 Å². The summed E-state index contributed by atoms with van der Waals surface area (Å²) in [4.78, 5) is 13.2. The molecule has 3 rings (SSSR count). The Kier molecular flexibility index (Phi) is 32.4. The van der Waals surface area contributed by atoms with E-state index in [0.29, 0.717) is 12.8 Å². The SMILES string of the molecule is CCC/C=C\C/C=C\CCCCCCCC(=O)NC(COC1OC(CO)C(OC2OC(CO)C(OC3OC(CO)C(O)C(O)C3O)C(O)C2O)C(O)C1O)C(O)CCCCCCCCCCCCCC. The number of hydrogen-bond donors (Lipinski definition) is 12. The van der Waals surface area contributed by atoms with Gasteiger partial charge in [-0.1, -0.05) is 141 Å². The molecule has 0 saturated carbocycles. The summed E-state index contributed by atoms with van der Waals surface area (Å²) < 4.78 is 34.2. The number of nitrogens with one attached hydrogen (secondary N) is 1. The fourth-order valence-electron chi connectivity index (χ4n) is 9.05. The van der Waals surface area contributed by atoms with Crippen LogP contribution in [0.1, 0.15) is 162 Å². The Morgan fingerprint density at radius 2 is 0.971 bits per heavy atom. The quantitative estimate of drug-likeness (QED) is 0.0314. The van der Waals surface area contributed by atoms with Crippen molar-refractivity contribution in [1.82, 2.24) is 5.32 Å². The van der Waals surface area contributed by atoms with E-state index < -0.39 is 124 Å². The van der Waals surface area contributed by atoms with E-state index in [1.807, 2.05) is 0 Å². The number of amides is 1. The van der Waals surface area contributed by atoms with Crippen molar-refractivity contribution in [3.63, 3.8) is 0 Å². The summed E-state index contributed by atoms with van der Waals surface area (Å²) >= 11 is 0. The molecule has 3 aliphatic heterocycles. The number of allylic oxidation sites excluding steroid dienone is 4. The highest BCUT2D eigenvalue weighted by molar-refractivity contribution is 5.76. The van der Waals surface area contributed by atoms with Crippen molar-refractivity contribution in [2.24, 2.45) is 0 Å². The molecule has 17 unspecified atom stereocenters. The first-order chi connectivity index (χ1) is 33.8. The summed E-state index contributed by atoms with van der Waals surface area (Å²) in [6, 6.07) is -0.890. The van der Waals surface area contributed by atoms with Crippen LogP contribution in [0.25, 0.3) is 0 Å². The topological polar surface area (TPSA) is 307 Å². The average Bonchev–Trinajstić information content (AvgIpc) is 3.35. The molecule has 12 N–H and O–H groups in total. The third-order valence-electron chi connectivity index (χ3n) is 13.5. The number of rotatable bonds is 37. The molecule has 3 fully saturated rings. The van der Waals surface area contributed by atoms with Gasteiger partial charge in [0.25, 0.3) is 0 Å². The summed E-state index contributed by atoms with van der Waals surface area (Å²) in [7, 11) is 0. The zero-order valence-electron chi connectivity index (χ0n) is 42.0. The van der Waals surface area contributed by atoms with Gasteiger partial charge >= 0.3 is 0 Å². The van der Waals surface area contributed by atoms with E-state index in [9.17, 15) is 61.0 Å². The Morgan fingerprint density at radius 3 is 1.51 bits per heavy atom. The molecular formula is C51H93NO18. The summed E-state index contributed by atoms with van der Waals surface area (Å²) in [5.74, 6) is -0.261. The zero-order valence-corrected chi connectivity index (χ0v) is 42.0. The third-order valence-corrected chi connectivity index (χ3v) is 13.5. The second-order valence-electron chi connectivity index (χ2n) is 19.3. The molecular weight excluding hydrogens is 915 g/mol. The highest BCUT2D eigenvalue weighted by Gasteiger charge is 2.53. The van der Waals surface area contributed by atoms with Crippen LogP contribution in [0.4, 0.5) is 0 Å². The van der Waals surface area contributed by atoms with Gasteiger partial charge in [0.05, 0.1) is 38.6 Å². The fourth-order valence-corrected chi connectivity index (χ4v) is 9.05. The molecule has 410 valence electrons. The summed E-state index contributed by atoms with van der Waals surface area (Å²) in [6.45, 7) is 1.67.